The number of carbonyl (C=O) groups is 2. The first-order valence-electron chi connectivity index (χ1n) is 11.9. The van der Waals surface area contributed by atoms with Crippen LogP contribution in [0.25, 0.3) is 0 Å². The molecule has 2 amide bonds. The van der Waals surface area contributed by atoms with Crippen LogP contribution in [0.15, 0.2) is 78.9 Å². The number of hydrogen-bond donors (Lipinski definition) is 0. The Labute approximate surface area is 204 Å². The van der Waals surface area contributed by atoms with Gasteiger partial charge in [-0.25, -0.2) is 14.9 Å². The number of imide groups is 1. The second kappa shape index (κ2) is 8.22. The van der Waals surface area contributed by atoms with Gasteiger partial charge in [-0.15, -0.1) is 0 Å². The minimum absolute atomic E-state index is 0.181. The molecule has 7 heteroatoms. The Hall–Kier alpha value is -3.68. The van der Waals surface area contributed by atoms with Crippen LogP contribution in [0, 0.1) is 5.92 Å². The smallest absolute Gasteiger partial charge is 0.261 e. The third-order valence-corrected chi connectivity index (χ3v) is 7.58. The molecule has 178 valence electrons. The lowest BCUT2D eigenvalue weighted by atomic mass is 9.75. The highest BCUT2D eigenvalue weighted by molar-refractivity contribution is 6.26. The number of anilines is 1. The highest BCUT2D eigenvalue weighted by atomic mass is 16.5. The third kappa shape index (κ3) is 2.98. The highest BCUT2D eigenvalue weighted by Crippen LogP contribution is 2.59. The number of amides is 2. The van der Waals surface area contributed by atoms with Crippen LogP contribution in [0.2, 0.25) is 0 Å². The number of ether oxygens (including phenoxy) is 2. The first-order valence-corrected chi connectivity index (χ1v) is 11.9. The molecule has 0 N–H and O–H groups in total. The molecule has 0 saturated carbocycles. The largest absolute Gasteiger partial charge is 0.497 e. The molecule has 3 saturated heterocycles. The summed E-state index contributed by atoms with van der Waals surface area (Å²) in [6.07, 6.45) is 0.929. The van der Waals surface area contributed by atoms with Crippen LogP contribution in [0.5, 0.6) is 11.5 Å². The second-order valence-electron chi connectivity index (χ2n) is 9.14. The van der Waals surface area contributed by atoms with E-state index in [1.807, 2.05) is 54.6 Å². The van der Waals surface area contributed by atoms with Crippen LogP contribution in [0.4, 0.5) is 5.69 Å². The van der Waals surface area contributed by atoms with E-state index in [-0.39, 0.29) is 17.9 Å². The van der Waals surface area contributed by atoms with Gasteiger partial charge < -0.3 is 9.47 Å². The van der Waals surface area contributed by atoms with Crippen molar-refractivity contribution in [3.8, 4) is 11.5 Å². The van der Waals surface area contributed by atoms with Crippen LogP contribution in [-0.4, -0.2) is 49.1 Å². The lowest BCUT2D eigenvalue weighted by Gasteiger charge is -2.36. The predicted molar refractivity (Wildman–Crippen MR) is 131 cm³/mol. The normalized spacial score (nSPS) is 26.2. The van der Waals surface area contributed by atoms with Gasteiger partial charge in [-0.05, 0) is 53.9 Å². The summed E-state index contributed by atoms with van der Waals surface area (Å²) in [4.78, 5) is 30.1. The molecule has 0 unspecified atom stereocenters. The van der Waals surface area contributed by atoms with Gasteiger partial charge in [-0.3, -0.25) is 9.59 Å². The molecule has 3 atom stereocenters. The van der Waals surface area contributed by atoms with Gasteiger partial charge in [0.1, 0.15) is 11.5 Å². The lowest BCUT2D eigenvalue weighted by molar-refractivity contribution is -0.134. The standard InChI is InChI=1S/C28H27N3O4/c1-34-22-13-9-19(10-14-22)25-24-26(32)31(21-11-15-23(35-2)16-12-21)27(33)28(24,20-7-4-3-5-8-20)30-18-6-17-29(25)30/h3-5,7-16,24-25H,6,17-18H2,1-2H3/t24-,25-,28+/m1/s1. The fraction of sp³-hybridized carbons (Fsp3) is 0.286. The first kappa shape index (κ1) is 21.8. The van der Waals surface area contributed by atoms with Crippen LogP contribution in [0.1, 0.15) is 23.6 Å². The summed E-state index contributed by atoms with van der Waals surface area (Å²) in [5, 5.41) is 4.40. The van der Waals surface area contributed by atoms with Crippen molar-refractivity contribution in [3.63, 3.8) is 0 Å². The first-order chi connectivity index (χ1) is 17.1. The topological polar surface area (TPSA) is 62.3 Å². The zero-order chi connectivity index (χ0) is 24.2. The van der Waals surface area contributed by atoms with E-state index in [4.69, 9.17) is 9.47 Å². The molecule has 3 heterocycles. The average Bonchev–Trinajstić information content (AvgIpc) is 3.55. The molecule has 3 aliphatic heterocycles. The number of rotatable bonds is 5. The van der Waals surface area contributed by atoms with E-state index in [1.165, 1.54) is 4.90 Å². The highest BCUT2D eigenvalue weighted by Gasteiger charge is 2.73. The summed E-state index contributed by atoms with van der Waals surface area (Å²) < 4.78 is 10.6. The van der Waals surface area contributed by atoms with Crippen LogP contribution in [0.3, 0.4) is 0 Å². The second-order valence-corrected chi connectivity index (χ2v) is 9.14. The molecule has 0 radical (unpaired) electrons. The van der Waals surface area contributed by atoms with E-state index in [2.05, 4.69) is 10.0 Å². The van der Waals surface area contributed by atoms with Gasteiger partial charge in [-0.2, -0.15) is 0 Å². The Balaban J connectivity index is 1.55. The monoisotopic (exact) mass is 469 g/mol. The van der Waals surface area contributed by atoms with Crippen molar-refractivity contribution in [2.75, 3.05) is 32.2 Å². The number of hydrazine groups is 1. The quantitative estimate of drug-likeness (QED) is 0.531. The van der Waals surface area contributed by atoms with Crippen molar-refractivity contribution in [2.24, 2.45) is 5.92 Å². The minimum atomic E-state index is -1.10. The molecule has 7 nitrogen and oxygen atoms in total. The van der Waals surface area contributed by atoms with Gasteiger partial charge in [0.25, 0.3) is 5.91 Å². The number of hydrogen-bond acceptors (Lipinski definition) is 6. The van der Waals surface area contributed by atoms with Gasteiger partial charge in [-0.1, -0.05) is 42.5 Å². The van der Waals surface area contributed by atoms with E-state index in [9.17, 15) is 9.59 Å². The van der Waals surface area contributed by atoms with Crippen molar-refractivity contribution in [2.45, 2.75) is 18.0 Å². The molecular weight excluding hydrogens is 442 g/mol. The van der Waals surface area contributed by atoms with E-state index >= 15 is 0 Å². The SMILES string of the molecule is COc1ccc([C@@H]2[C@@H]3C(=O)N(c4ccc(OC)cc4)C(=O)[C@@]3(c3ccccc3)N3CCCN23)cc1. The van der Waals surface area contributed by atoms with Crippen LogP contribution < -0.4 is 14.4 Å². The zero-order valence-electron chi connectivity index (χ0n) is 19.8. The Morgan fingerprint density at radius 3 is 2.06 bits per heavy atom. The number of benzene rings is 3. The maximum Gasteiger partial charge on any atom is 0.261 e. The number of carbonyl (C=O) groups excluding carboxylic acids is 2. The van der Waals surface area contributed by atoms with Crippen molar-refractivity contribution in [1.82, 2.24) is 10.0 Å². The van der Waals surface area contributed by atoms with E-state index in [1.54, 1.807) is 38.5 Å². The fourth-order valence-electron chi connectivity index (χ4n) is 6.11. The van der Waals surface area contributed by atoms with Gasteiger partial charge in [0, 0.05) is 13.1 Å². The molecular formula is C28H27N3O4. The summed E-state index contributed by atoms with van der Waals surface area (Å²) in [6.45, 7) is 1.51. The summed E-state index contributed by atoms with van der Waals surface area (Å²) in [7, 11) is 3.23. The maximum atomic E-state index is 14.5. The molecule has 35 heavy (non-hydrogen) atoms. The van der Waals surface area contributed by atoms with Crippen LogP contribution >= 0.6 is 0 Å². The Morgan fingerprint density at radius 2 is 1.43 bits per heavy atom. The molecule has 3 fully saturated rings. The van der Waals surface area contributed by atoms with E-state index in [0.29, 0.717) is 18.0 Å². The molecule has 0 spiro atoms. The molecule has 6 rings (SSSR count). The van der Waals surface area contributed by atoms with Crippen molar-refractivity contribution in [3.05, 3.63) is 90.0 Å². The zero-order valence-corrected chi connectivity index (χ0v) is 19.8. The predicted octanol–water partition coefficient (Wildman–Crippen LogP) is 3.77. The van der Waals surface area contributed by atoms with Crippen molar-refractivity contribution >= 4 is 17.5 Å². The molecule has 0 bridgehead atoms. The molecule has 0 aromatic heterocycles. The van der Waals surface area contributed by atoms with Gasteiger partial charge in [0.15, 0.2) is 5.54 Å². The van der Waals surface area contributed by atoms with E-state index < -0.39 is 11.5 Å². The summed E-state index contributed by atoms with van der Waals surface area (Å²) in [6, 6.07) is 24.5. The van der Waals surface area contributed by atoms with Crippen molar-refractivity contribution in [1.29, 1.82) is 0 Å². The molecule has 3 aromatic rings. The summed E-state index contributed by atoms with van der Waals surface area (Å²) >= 11 is 0. The number of fused-ring (bicyclic) bond motifs is 3. The summed E-state index contributed by atoms with van der Waals surface area (Å²) in [5.74, 6) is 0.458. The number of methoxy groups -OCH3 is 2. The molecule has 3 aromatic carbocycles. The van der Waals surface area contributed by atoms with E-state index in [0.717, 1.165) is 29.8 Å². The average molecular weight is 470 g/mol. The van der Waals surface area contributed by atoms with Crippen molar-refractivity contribution < 1.29 is 19.1 Å². The Bertz CT molecular complexity index is 1260. The Kier molecular flexibility index (Phi) is 5.12. The maximum absolute atomic E-state index is 14.5. The third-order valence-electron chi connectivity index (χ3n) is 7.58. The molecule has 0 aliphatic carbocycles. The fourth-order valence-corrected chi connectivity index (χ4v) is 6.11. The van der Waals surface area contributed by atoms with Gasteiger partial charge in [0.05, 0.1) is 31.9 Å². The number of nitrogens with zero attached hydrogens (tertiary/aromatic N) is 3. The van der Waals surface area contributed by atoms with Crippen LogP contribution in [-0.2, 0) is 15.1 Å². The van der Waals surface area contributed by atoms with Gasteiger partial charge in [0.2, 0.25) is 5.91 Å². The lowest BCUT2D eigenvalue weighted by Crippen LogP contribution is -2.52. The summed E-state index contributed by atoms with van der Waals surface area (Å²) in [5.41, 5.74) is 1.31. The Morgan fingerprint density at radius 1 is 0.800 bits per heavy atom. The molecule has 3 aliphatic rings. The minimum Gasteiger partial charge on any atom is -0.497 e. The van der Waals surface area contributed by atoms with Gasteiger partial charge >= 0.3 is 0 Å².